The number of H-pyrrole nitrogens is 1. The van der Waals surface area contributed by atoms with Crippen LogP contribution in [0.2, 0.25) is 0 Å². The summed E-state index contributed by atoms with van der Waals surface area (Å²) in [6.07, 6.45) is 2.55. The van der Waals surface area contributed by atoms with E-state index in [1.54, 1.807) is 0 Å². The molecule has 0 spiro atoms. The average molecular weight is 503 g/mol. The van der Waals surface area contributed by atoms with Crippen molar-refractivity contribution in [1.29, 1.82) is 0 Å². The zero-order chi connectivity index (χ0) is 26.0. The Labute approximate surface area is 216 Å². The Morgan fingerprint density at radius 1 is 1.11 bits per heavy atom. The summed E-state index contributed by atoms with van der Waals surface area (Å²) in [6, 6.07) is 16.0. The van der Waals surface area contributed by atoms with Gasteiger partial charge in [0.25, 0.3) is 5.56 Å². The molecule has 3 heterocycles. The summed E-state index contributed by atoms with van der Waals surface area (Å²) in [6.45, 7) is 9.98. The lowest BCUT2D eigenvalue weighted by Crippen LogP contribution is -2.37. The van der Waals surface area contributed by atoms with Crippen molar-refractivity contribution in [2.45, 2.75) is 65.1 Å². The number of tetrazole rings is 1. The minimum absolute atomic E-state index is 0.0589. The molecule has 0 aliphatic carbocycles. The number of hydrogen-bond acceptors (Lipinski definition) is 7. The zero-order valence-corrected chi connectivity index (χ0v) is 21.9. The summed E-state index contributed by atoms with van der Waals surface area (Å²) >= 11 is 0. The molecule has 5 rings (SSSR count). The second kappa shape index (κ2) is 10.3. The van der Waals surface area contributed by atoms with Crippen LogP contribution in [0.15, 0.2) is 53.3 Å². The summed E-state index contributed by atoms with van der Waals surface area (Å²) in [4.78, 5) is 18.6. The first-order chi connectivity index (χ1) is 17.9. The van der Waals surface area contributed by atoms with E-state index < -0.39 is 0 Å². The van der Waals surface area contributed by atoms with E-state index in [2.05, 4.69) is 77.4 Å². The molecule has 2 aromatic carbocycles. The third-order valence-electron chi connectivity index (χ3n) is 7.38. The predicted octanol–water partition coefficient (Wildman–Crippen LogP) is 4.58. The van der Waals surface area contributed by atoms with Crippen molar-refractivity contribution < 1.29 is 9.47 Å². The highest BCUT2D eigenvalue weighted by Gasteiger charge is 2.31. The summed E-state index contributed by atoms with van der Waals surface area (Å²) in [5.74, 6) is 2.17. The molecule has 9 heteroatoms. The summed E-state index contributed by atoms with van der Waals surface area (Å²) in [7, 11) is 0. The molecule has 0 fully saturated rings. The largest absolute Gasteiger partial charge is 0.454 e. The van der Waals surface area contributed by atoms with Gasteiger partial charge in [-0.15, -0.1) is 5.10 Å². The molecule has 2 aromatic heterocycles. The quantitative estimate of drug-likeness (QED) is 0.339. The molecule has 37 heavy (non-hydrogen) atoms. The van der Waals surface area contributed by atoms with E-state index in [4.69, 9.17) is 9.47 Å². The van der Waals surface area contributed by atoms with E-state index in [0.29, 0.717) is 23.6 Å². The van der Waals surface area contributed by atoms with Crippen LogP contribution >= 0.6 is 0 Å². The lowest BCUT2D eigenvalue weighted by molar-refractivity contribution is 0.160. The lowest BCUT2D eigenvalue weighted by atomic mass is 10.0. The van der Waals surface area contributed by atoms with Gasteiger partial charge in [0.05, 0.1) is 17.1 Å². The normalized spacial score (nSPS) is 14.0. The third kappa shape index (κ3) is 5.09. The van der Waals surface area contributed by atoms with Crippen LogP contribution in [0, 0.1) is 0 Å². The van der Waals surface area contributed by atoms with Crippen molar-refractivity contribution in [3.8, 4) is 11.5 Å². The minimum Gasteiger partial charge on any atom is -0.454 e. The third-order valence-corrected chi connectivity index (χ3v) is 7.38. The van der Waals surface area contributed by atoms with Gasteiger partial charge in [-0.3, -0.25) is 9.69 Å². The van der Waals surface area contributed by atoms with Gasteiger partial charge in [-0.2, -0.15) is 0 Å². The van der Waals surface area contributed by atoms with E-state index >= 15 is 0 Å². The molecule has 4 aromatic rings. The molecule has 1 atom stereocenters. The molecule has 0 saturated heterocycles. The lowest BCUT2D eigenvalue weighted by Gasteiger charge is -2.33. The Balaban J connectivity index is 1.51. The van der Waals surface area contributed by atoms with Crippen LogP contribution in [-0.2, 0) is 18.5 Å². The van der Waals surface area contributed by atoms with Gasteiger partial charge in [-0.1, -0.05) is 44.2 Å². The molecule has 0 amide bonds. The van der Waals surface area contributed by atoms with E-state index in [1.807, 2.05) is 28.9 Å². The molecular formula is C28H34N6O3. The first kappa shape index (κ1) is 25.0. The van der Waals surface area contributed by atoms with Crippen LogP contribution in [0.5, 0.6) is 11.5 Å². The zero-order valence-electron chi connectivity index (χ0n) is 21.9. The summed E-state index contributed by atoms with van der Waals surface area (Å²) < 4.78 is 13.0. The molecule has 0 unspecified atom stereocenters. The average Bonchev–Trinajstić information content (AvgIpc) is 3.57. The molecule has 0 saturated carbocycles. The van der Waals surface area contributed by atoms with Crippen molar-refractivity contribution >= 4 is 10.9 Å². The highest BCUT2D eigenvalue weighted by molar-refractivity contribution is 5.83. The molecule has 1 aliphatic heterocycles. The van der Waals surface area contributed by atoms with Gasteiger partial charge in [0, 0.05) is 30.1 Å². The number of ether oxygens (including phenoxy) is 2. The smallest absolute Gasteiger partial charge is 0.252 e. The number of pyridine rings is 1. The van der Waals surface area contributed by atoms with Gasteiger partial charge < -0.3 is 14.5 Å². The van der Waals surface area contributed by atoms with Crippen LogP contribution < -0.4 is 15.0 Å². The molecule has 0 radical (unpaired) electrons. The number of benzene rings is 2. The molecule has 1 aliphatic rings. The first-order valence-corrected chi connectivity index (χ1v) is 12.9. The second-order valence-corrected chi connectivity index (χ2v) is 10.2. The highest BCUT2D eigenvalue weighted by atomic mass is 16.7. The summed E-state index contributed by atoms with van der Waals surface area (Å²) in [5.41, 5.74) is 2.33. The standard InChI is InChI=1S/C28H34N6O3/c1-5-23(26-30-31-32-34(26)28(3,4)6-2)33(13-12-19-10-8-7-9-11-19)17-21-14-20-15-24-25(37-18-36-24)16-22(20)29-27(21)35/h7-11,14-16,23H,5-6,12-13,17-18H2,1-4H3,(H,29,35)/t23-/m0/s1. The Kier molecular flexibility index (Phi) is 6.97. The van der Waals surface area contributed by atoms with Gasteiger partial charge in [0.1, 0.15) is 0 Å². The predicted molar refractivity (Wildman–Crippen MR) is 142 cm³/mol. The topological polar surface area (TPSA) is 98.2 Å². The van der Waals surface area contributed by atoms with E-state index in [1.165, 1.54) is 5.56 Å². The monoisotopic (exact) mass is 502 g/mol. The number of nitrogens with one attached hydrogen (secondary N) is 1. The Hall–Kier alpha value is -3.72. The van der Waals surface area contributed by atoms with Gasteiger partial charge >= 0.3 is 0 Å². The van der Waals surface area contributed by atoms with Crippen molar-refractivity contribution in [2.24, 2.45) is 0 Å². The number of fused-ring (bicyclic) bond motifs is 2. The maximum atomic E-state index is 13.2. The van der Waals surface area contributed by atoms with Crippen LogP contribution in [0.25, 0.3) is 10.9 Å². The van der Waals surface area contributed by atoms with Crippen LogP contribution in [0.1, 0.15) is 63.5 Å². The van der Waals surface area contributed by atoms with Crippen LogP contribution in [0.4, 0.5) is 0 Å². The first-order valence-electron chi connectivity index (χ1n) is 12.9. The van der Waals surface area contributed by atoms with Crippen molar-refractivity contribution in [3.05, 3.63) is 75.8 Å². The maximum absolute atomic E-state index is 13.2. The fourth-order valence-electron chi connectivity index (χ4n) is 4.83. The van der Waals surface area contributed by atoms with E-state index in [0.717, 1.165) is 42.5 Å². The fourth-order valence-corrected chi connectivity index (χ4v) is 4.83. The fraction of sp³-hybridized carbons (Fsp3) is 0.429. The van der Waals surface area contributed by atoms with Gasteiger partial charge in [0.2, 0.25) is 6.79 Å². The SMILES string of the molecule is CC[C@@H](c1nnnn1C(C)(C)CC)N(CCc1ccccc1)Cc1cc2cc3c(cc2[nH]c1=O)OCO3. The maximum Gasteiger partial charge on any atom is 0.252 e. The molecule has 194 valence electrons. The van der Waals surface area contributed by atoms with Gasteiger partial charge in [0.15, 0.2) is 17.3 Å². The number of hydrogen-bond donors (Lipinski definition) is 1. The Morgan fingerprint density at radius 2 is 1.86 bits per heavy atom. The van der Waals surface area contributed by atoms with E-state index in [9.17, 15) is 4.79 Å². The van der Waals surface area contributed by atoms with Crippen LogP contribution in [-0.4, -0.2) is 43.4 Å². The Bertz CT molecular complexity index is 1430. The van der Waals surface area contributed by atoms with Gasteiger partial charge in [-0.05, 0) is 61.2 Å². The molecule has 0 bridgehead atoms. The summed E-state index contributed by atoms with van der Waals surface area (Å²) in [5, 5.41) is 13.8. The molecular weight excluding hydrogens is 468 g/mol. The minimum atomic E-state index is -0.222. The number of aromatic amines is 1. The van der Waals surface area contributed by atoms with Crippen molar-refractivity contribution in [1.82, 2.24) is 30.1 Å². The Morgan fingerprint density at radius 3 is 2.59 bits per heavy atom. The van der Waals surface area contributed by atoms with Crippen molar-refractivity contribution in [2.75, 3.05) is 13.3 Å². The van der Waals surface area contributed by atoms with Crippen molar-refractivity contribution in [3.63, 3.8) is 0 Å². The van der Waals surface area contributed by atoms with Crippen LogP contribution in [0.3, 0.4) is 0 Å². The van der Waals surface area contributed by atoms with E-state index in [-0.39, 0.29) is 23.9 Å². The number of aromatic nitrogens is 5. The number of rotatable bonds is 10. The molecule has 1 N–H and O–H groups in total. The number of nitrogens with zero attached hydrogens (tertiary/aromatic N) is 5. The van der Waals surface area contributed by atoms with Gasteiger partial charge in [-0.25, -0.2) is 4.68 Å². The second-order valence-electron chi connectivity index (χ2n) is 10.2. The molecule has 9 nitrogen and oxygen atoms in total. The highest BCUT2D eigenvalue weighted by Crippen LogP contribution is 2.35.